The SMILES string of the molecule is Cn1c(NNc2nc(NCc3ccco3)nc(NCc3ccco3)n2)nc(-c2ccccc2)c(C#N)c1=O. The molecule has 190 valence electrons. The molecule has 0 saturated heterocycles. The minimum absolute atomic E-state index is 0.0572. The summed E-state index contributed by atoms with van der Waals surface area (Å²) >= 11 is 0. The van der Waals surface area contributed by atoms with E-state index in [2.05, 4.69) is 41.4 Å². The summed E-state index contributed by atoms with van der Waals surface area (Å²) in [4.78, 5) is 30.5. The van der Waals surface area contributed by atoms with Crippen molar-refractivity contribution in [2.75, 3.05) is 21.5 Å². The molecule has 13 nitrogen and oxygen atoms in total. The van der Waals surface area contributed by atoms with E-state index in [1.807, 2.05) is 24.3 Å². The van der Waals surface area contributed by atoms with Crippen LogP contribution in [0, 0.1) is 11.3 Å². The molecule has 4 heterocycles. The third-order valence-corrected chi connectivity index (χ3v) is 5.37. The first kappa shape index (κ1) is 24.1. The van der Waals surface area contributed by atoms with Crippen LogP contribution in [0.5, 0.6) is 0 Å². The molecule has 4 aromatic heterocycles. The van der Waals surface area contributed by atoms with Gasteiger partial charge in [0.1, 0.15) is 23.2 Å². The van der Waals surface area contributed by atoms with Gasteiger partial charge >= 0.3 is 0 Å². The number of hydrazine groups is 1. The van der Waals surface area contributed by atoms with Crippen molar-refractivity contribution < 1.29 is 8.83 Å². The van der Waals surface area contributed by atoms with Crippen LogP contribution in [0.25, 0.3) is 11.3 Å². The minimum Gasteiger partial charge on any atom is -0.467 e. The first-order chi connectivity index (χ1) is 18.6. The van der Waals surface area contributed by atoms with Crippen LogP contribution >= 0.6 is 0 Å². The Kier molecular flexibility index (Phi) is 6.94. The highest BCUT2D eigenvalue weighted by atomic mass is 16.3. The van der Waals surface area contributed by atoms with Crippen LogP contribution in [0.3, 0.4) is 0 Å². The van der Waals surface area contributed by atoms with E-state index in [-0.39, 0.29) is 35.1 Å². The van der Waals surface area contributed by atoms with Gasteiger partial charge in [0.05, 0.1) is 31.3 Å². The van der Waals surface area contributed by atoms with E-state index < -0.39 is 5.56 Å². The van der Waals surface area contributed by atoms with Crippen molar-refractivity contribution in [2.24, 2.45) is 7.05 Å². The zero-order valence-electron chi connectivity index (χ0n) is 20.2. The van der Waals surface area contributed by atoms with Crippen LogP contribution in [0.1, 0.15) is 17.1 Å². The van der Waals surface area contributed by atoms with Gasteiger partial charge in [-0.3, -0.25) is 20.2 Å². The number of rotatable bonds is 10. The number of hydrogen-bond acceptors (Lipinski definition) is 12. The predicted molar refractivity (Wildman–Crippen MR) is 139 cm³/mol. The first-order valence-corrected chi connectivity index (χ1v) is 11.5. The number of nitriles is 1. The molecule has 0 bridgehead atoms. The van der Waals surface area contributed by atoms with Gasteiger partial charge in [0, 0.05) is 12.6 Å². The number of nitrogens with zero attached hydrogens (tertiary/aromatic N) is 6. The van der Waals surface area contributed by atoms with Gasteiger partial charge in [0.2, 0.25) is 23.8 Å². The summed E-state index contributed by atoms with van der Waals surface area (Å²) in [5, 5.41) is 15.8. The third kappa shape index (κ3) is 5.44. The van der Waals surface area contributed by atoms with Gasteiger partial charge < -0.3 is 19.5 Å². The monoisotopic (exact) mass is 510 g/mol. The van der Waals surface area contributed by atoms with Crippen LogP contribution in [0.15, 0.2) is 80.8 Å². The fourth-order valence-corrected chi connectivity index (χ4v) is 3.48. The highest BCUT2D eigenvalue weighted by Gasteiger charge is 2.16. The number of benzene rings is 1. The van der Waals surface area contributed by atoms with Crippen LogP contribution in [-0.4, -0.2) is 24.5 Å². The Bertz CT molecular complexity index is 1550. The van der Waals surface area contributed by atoms with Crippen LogP contribution in [-0.2, 0) is 20.1 Å². The summed E-state index contributed by atoms with van der Waals surface area (Å²) < 4.78 is 11.9. The highest BCUT2D eigenvalue weighted by Crippen LogP contribution is 2.20. The van der Waals surface area contributed by atoms with Crippen LogP contribution < -0.4 is 27.0 Å². The molecule has 0 radical (unpaired) electrons. The summed E-state index contributed by atoms with van der Waals surface area (Å²) in [5.41, 5.74) is 6.09. The van der Waals surface area contributed by atoms with Crippen molar-refractivity contribution in [3.63, 3.8) is 0 Å². The van der Waals surface area contributed by atoms with E-state index in [0.717, 1.165) is 0 Å². The fourth-order valence-electron chi connectivity index (χ4n) is 3.48. The van der Waals surface area contributed by atoms with Gasteiger partial charge in [-0.2, -0.15) is 20.2 Å². The van der Waals surface area contributed by atoms with E-state index in [0.29, 0.717) is 30.2 Å². The molecule has 1 aromatic carbocycles. The molecule has 5 aromatic rings. The topological polar surface area (TPSA) is 172 Å². The Morgan fingerprint density at radius 3 is 1.97 bits per heavy atom. The molecule has 0 unspecified atom stereocenters. The number of hydrogen-bond donors (Lipinski definition) is 4. The molecule has 0 aliphatic heterocycles. The van der Waals surface area contributed by atoms with Crippen molar-refractivity contribution in [1.29, 1.82) is 5.26 Å². The number of furan rings is 2. The molecule has 0 fully saturated rings. The lowest BCUT2D eigenvalue weighted by Gasteiger charge is -2.15. The molecular weight excluding hydrogens is 488 g/mol. The summed E-state index contributed by atoms with van der Waals surface area (Å²) in [6.45, 7) is 0.710. The number of nitrogens with one attached hydrogen (secondary N) is 4. The summed E-state index contributed by atoms with van der Waals surface area (Å²) in [7, 11) is 1.51. The molecule has 0 atom stereocenters. The molecule has 0 amide bonds. The maximum atomic E-state index is 12.9. The van der Waals surface area contributed by atoms with Gasteiger partial charge in [-0.1, -0.05) is 30.3 Å². The van der Waals surface area contributed by atoms with Crippen molar-refractivity contribution in [2.45, 2.75) is 13.1 Å². The summed E-state index contributed by atoms with van der Waals surface area (Å²) in [6, 6.07) is 18.2. The smallest absolute Gasteiger partial charge is 0.273 e. The molecule has 0 aliphatic carbocycles. The minimum atomic E-state index is -0.497. The maximum absolute atomic E-state index is 12.9. The van der Waals surface area contributed by atoms with E-state index in [9.17, 15) is 10.1 Å². The maximum Gasteiger partial charge on any atom is 0.273 e. The van der Waals surface area contributed by atoms with Crippen LogP contribution in [0.2, 0.25) is 0 Å². The Labute approximate surface area is 216 Å². The Morgan fingerprint density at radius 1 is 0.816 bits per heavy atom. The predicted octanol–water partition coefficient (Wildman–Crippen LogP) is 3.35. The second-order valence-corrected chi connectivity index (χ2v) is 7.92. The lowest BCUT2D eigenvalue weighted by molar-refractivity contribution is 0.517. The van der Waals surface area contributed by atoms with Crippen molar-refractivity contribution in [3.05, 3.63) is 94.6 Å². The lowest BCUT2D eigenvalue weighted by Crippen LogP contribution is -2.27. The van der Waals surface area contributed by atoms with Gasteiger partial charge in [-0.05, 0) is 24.3 Å². The molecule has 13 heteroatoms. The molecule has 0 spiro atoms. The second kappa shape index (κ2) is 11.0. The first-order valence-electron chi connectivity index (χ1n) is 11.5. The van der Waals surface area contributed by atoms with Crippen molar-refractivity contribution >= 4 is 23.8 Å². The molecule has 5 rings (SSSR count). The molecule has 38 heavy (non-hydrogen) atoms. The van der Waals surface area contributed by atoms with Crippen molar-refractivity contribution in [1.82, 2.24) is 24.5 Å². The zero-order chi connectivity index (χ0) is 26.3. The van der Waals surface area contributed by atoms with Gasteiger partial charge in [0.15, 0.2) is 0 Å². The lowest BCUT2D eigenvalue weighted by atomic mass is 10.1. The normalized spacial score (nSPS) is 10.5. The summed E-state index contributed by atoms with van der Waals surface area (Å²) in [6.07, 6.45) is 3.16. The fraction of sp³-hybridized carbons (Fsp3) is 0.120. The molecule has 0 saturated carbocycles. The Balaban J connectivity index is 1.41. The molecule has 4 N–H and O–H groups in total. The average molecular weight is 511 g/mol. The quantitative estimate of drug-likeness (QED) is 0.202. The van der Waals surface area contributed by atoms with Gasteiger partial charge in [0.25, 0.3) is 5.56 Å². The Morgan fingerprint density at radius 2 is 1.42 bits per heavy atom. The van der Waals surface area contributed by atoms with Crippen molar-refractivity contribution in [3.8, 4) is 17.3 Å². The van der Waals surface area contributed by atoms with E-state index in [1.165, 1.54) is 11.6 Å². The molecular formula is C25H22N10O3. The summed E-state index contributed by atoms with van der Waals surface area (Å²) in [5.74, 6) is 2.25. The highest BCUT2D eigenvalue weighted by molar-refractivity contribution is 5.67. The van der Waals surface area contributed by atoms with Gasteiger partial charge in [-0.15, -0.1) is 0 Å². The number of anilines is 4. The number of aromatic nitrogens is 5. The standard InChI is InChI=1S/C25H22N10O3/c1-35-21(36)19(13-26)20(16-7-3-2-4-8-16)29-25(35)34-33-24-31-22(27-14-17-9-5-11-37-17)30-23(32-24)28-15-18-10-6-12-38-18/h2-12H,14-15H2,1H3,(H,29,34)(H3,27,28,30,31,32,33). The van der Waals surface area contributed by atoms with Crippen LogP contribution in [0.4, 0.5) is 23.8 Å². The molecule has 0 aliphatic rings. The average Bonchev–Trinajstić information content (AvgIpc) is 3.67. The van der Waals surface area contributed by atoms with E-state index in [1.54, 1.807) is 48.9 Å². The van der Waals surface area contributed by atoms with Gasteiger partial charge in [-0.25, -0.2) is 4.98 Å². The van der Waals surface area contributed by atoms with E-state index >= 15 is 0 Å². The second-order valence-electron chi connectivity index (χ2n) is 7.92. The Hall–Kier alpha value is -5.64. The zero-order valence-corrected chi connectivity index (χ0v) is 20.2. The van der Waals surface area contributed by atoms with E-state index in [4.69, 9.17) is 8.83 Å². The largest absolute Gasteiger partial charge is 0.467 e. The third-order valence-electron chi connectivity index (χ3n) is 5.37.